The van der Waals surface area contributed by atoms with Gasteiger partial charge in [0, 0.05) is 5.54 Å². The molecule has 0 saturated heterocycles. The zero-order valence-electron chi connectivity index (χ0n) is 9.56. The Morgan fingerprint density at radius 1 is 1.23 bits per heavy atom. The van der Waals surface area contributed by atoms with Crippen LogP contribution in [0.4, 0.5) is 0 Å². The lowest BCUT2D eigenvalue weighted by Gasteiger charge is -2.29. The predicted molar refractivity (Wildman–Crippen MR) is 55.6 cm³/mol. The molecule has 13 heavy (non-hydrogen) atoms. The third kappa shape index (κ3) is 5.01. The molecule has 1 unspecified atom stereocenters. The average molecular weight is 186 g/mol. The highest BCUT2D eigenvalue weighted by molar-refractivity contribution is 5.91. The van der Waals surface area contributed by atoms with Crippen LogP contribution in [-0.2, 0) is 4.79 Å². The number of nitrogens with one attached hydrogen (secondary N) is 1. The number of rotatable bonds is 3. The van der Waals surface area contributed by atoms with Crippen LogP contribution in [0.3, 0.4) is 0 Å². The van der Waals surface area contributed by atoms with E-state index < -0.39 is 5.54 Å². The van der Waals surface area contributed by atoms with Crippen molar-refractivity contribution in [3.05, 3.63) is 0 Å². The van der Waals surface area contributed by atoms with Crippen molar-refractivity contribution in [1.82, 2.24) is 5.32 Å². The van der Waals surface area contributed by atoms with E-state index in [4.69, 9.17) is 5.73 Å². The largest absolute Gasteiger partial charge is 0.319 e. The van der Waals surface area contributed by atoms with E-state index in [1.807, 2.05) is 27.7 Å². The Morgan fingerprint density at radius 2 is 1.62 bits per heavy atom. The molecule has 0 amide bonds. The normalized spacial score (nSPS) is 15.6. The molecule has 0 saturated carbocycles. The van der Waals surface area contributed by atoms with E-state index in [2.05, 4.69) is 5.32 Å². The first-order valence-corrected chi connectivity index (χ1v) is 4.65. The zero-order valence-corrected chi connectivity index (χ0v) is 9.56. The smallest absolute Gasteiger partial charge is 0.168 e. The molecule has 3 heteroatoms. The van der Waals surface area contributed by atoms with Crippen LogP contribution < -0.4 is 11.1 Å². The van der Waals surface area contributed by atoms with E-state index >= 15 is 0 Å². The first-order valence-electron chi connectivity index (χ1n) is 4.65. The molecule has 0 heterocycles. The number of Topliss-reactive ketones (excluding diaryl/α,β-unsaturated/α-hetero) is 1. The maximum atomic E-state index is 11.7. The number of hydrogen-bond acceptors (Lipinski definition) is 3. The van der Waals surface area contributed by atoms with E-state index in [1.165, 1.54) is 0 Å². The van der Waals surface area contributed by atoms with Gasteiger partial charge in [0.2, 0.25) is 0 Å². The van der Waals surface area contributed by atoms with Crippen molar-refractivity contribution in [2.45, 2.75) is 58.7 Å². The SMILES string of the molecule is CC(NC(C)(C)C)C(=O)C(C)(C)N. The molecule has 0 aliphatic rings. The van der Waals surface area contributed by atoms with Crippen molar-refractivity contribution < 1.29 is 4.79 Å². The van der Waals surface area contributed by atoms with Gasteiger partial charge in [-0.25, -0.2) is 0 Å². The zero-order chi connectivity index (χ0) is 10.9. The Morgan fingerprint density at radius 3 is 1.85 bits per heavy atom. The molecule has 3 N–H and O–H groups in total. The van der Waals surface area contributed by atoms with Crippen molar-refractivity contribution in [3.63, 3.8) is 0 Å². The van der Waals surface area contributed by atoms with Gasteiger partial charge in [-0.15, -0.1) is 0 Å². The summed E-state index contributed by atoms with van der Waals surface area (Å²) < 4.78 is 0. The fourth-order valence-corrected chi connectivity index (χ4v) is 1.27. The highest BCUT2D eigenvalue weighted by Crippen LogP contribution is 2.07. The fourth-order valence-electron chi connectivity index (χ4n) is 1.27. The molecule has 0 aromatic rings. The lowest BCUT2D eigenvalue weighted by atomic mass is 9.94. The van der Waals surface area contributed by atoms with Crippen LogP contribution in [-0.4, -0.2) is 22.9 Å². The molecule has 0 aromatic carbocycles. The second-order valence-corrected chi connectivity index (χ2v) is 5.20. The summed E-state index contributed by atoms with van der Waals surface area (Å²) in [7, 11) is 0. The Labute approximate surface area is 81.1 Å². The van der Waals surface area contributed by atoms with Gasteiger partial charge < -0.3 is 11.1 Å². The first-order chi connectivity index (χ1) is 5.54. The van der Waals surface area contributed by atoms with Crippen LogP contribution >= 0.6 is 0 Å². The minimum Gasteiger partial charge on any atom is -0.319 e. The molecular weight excluding hydrogens is 164 g/mol. The molecule has 0 fully saturated rings. The van der Waals surface area contributed by atoms with Crippen LogP contribution in [0.1, 0.15) is 41.5 Å². The summed E-state index contributed by atoms with van der Waals surface area (Å²) in [6.45, 7) is 11.4. The quantitative estimate of drug-likeness (QED) is 0.693. The van der Waals surface area contributed by atoms with Crippen LogP contribution in [0.25, 0.3) is 0 Å². The molecule has 78 valence electrons. The van der Waals surface area contributed by atoms with Gasteiger partial charge in [0.25, 0.3) is 0 Å². The average Bonchev–Trinajstić information content (AvgIpc) is 1.79. The molecule has 3 nitrogen and oxygen atoms in total. The van der Waals surface area contributed by atoms with Gasteiger partial charge in [-0.05, 0) is 41.5 Å². The number of carbonyl (C=O) groups excluding carboxylic acids is 1. The molecular formula is C10H22N2O. The summed E-state index contributed by atoms with van der Waals surface area (Å²) in [5.74, 6) is 0.0439. The van der Waals surface area contributed by atoms with Crippen LogP contribution in [0.15, 0.2) is 0 Å². The molecule has 0 aromatic heterocycles. The van der Waals surface area contributed by atoms with Crippen LogP contribution in [0.2, 0.25) is 0 Å². The second-order valence-electron chi connectivity index (χ2n) is 5.20. The van der Waals surface area contributed by atoms with Crippen molar-refractivity contribution in [2.75, 3.05) is 0 Å². The Kier molecular flexibility index (Phi) is 3.64. The van der Waals surface area contributed by atoms with Gasteiger partial charge in [-0.1, -0.05) is 0 Å². The van der Waals surface area contributed by atoms with E-state index in [9.17, 15) is 4.79 Å². The summed E-state index contributed by atoms with van der Waals surface area (Å²) >= 11 is 0. The van der Waals surface area contributed by atoms with Gasteiger partial charge in [0.1, 0.15) is 0 Å². The first kappa shape index (κ1) is 12.6. The minimum atomic E-state index is -0.752. The Balaban J connectivity index is 4.30. The van der Waals surface area contributed by atoms with E-state index in [0.717, 1.165) is 0 Å². The summed E-state index contributed by atoms with van der Waals surface area (Å²) in [5, 5.41) is 3.20. The standard InChI is InChI=1S/C10H22N2O/c1-7(12-9(2,3)4)8(13)10(5,6)11/h7,12H,11H2,1-6H3. The van der Waals surface area contributed by atoms with Gasteiger partial charge in [0.05, 0.1) is 11.6 Å². The van der Waals surface area contributed by atoms with E-state index in [-0.39, 0.29) is 17.4 Å². The molecule has 1 atom stereocenters. The third-order valence-electron chi connectivity index (χ3n) is 1.68. The molecule has 0 radical (unpaired) electrons. The van der Waals surface area contributed by atoms with Gasteiger partial charge in [0.15, 0.2) is 5.78 Å². The van der Waals surface area contributed by atoms with Crippen molar-refractivity contribution in [2.24, 2.45) is 5.73 Å². The van der Waals surface area contributed by atoms with Gasteiger partial charge in [-0.3, -0.25) is 4.79 Å². The van der Waals surface area contributed by atoms with Crippen molar-refractivity contribution in [3.8, 4) is 0 Å². The molecule has 0 aliphatic heterocycles. The van der Waals surface area contributed by atoms with Crippen LogP contribution in [0, 0.1) is 0 Å². The lowest BCUT2D eigenvalue weighted by molar-refractivity contribution is -0.125. The highest BCUT2D eigenvalue weighted by Gasteiger charge is 2.29. The third-order valence-corrected chi connectivity index (χ3v) is 1.68. The summed E-state index contributed by atoms with van der Waals surface area (Å²) in [5.41, 5.74) is 4.90. The topological polar surface area (TPSA) is 55.1 Å². The fraction of sp³-hybridized carbons (Fsp3) is 0.900. The van der Waals surface area contributed by atoms with Crippen molar-refractivity contribution in [1.29, 1.82) is 0 Å². The van der Waals surface area contributed by atoms with Crippen LogP contribution in [0.5, 0.6) is 0 Å². The summed E-state index contributed by atoms with van der Waals surface area (Å²) in [6, 6.07) is -0.194. The molecule has 0 rings (SSSR count). The number of hydrogen-bond donors (Lipinski definition) is 2. The van der Waals surface area contributed by atoms with E-state index in [0.29, 0.717) is 0 Å². The molecule has 0 bridgehead atoms. The van der Waals surface area contributed by atoms with Gasteiger partial charge in [-0.2, -0.15) is 0 Å². The maximum Gasteiger partial charge on any atom is 0.168 e. The highest BCUT2D eigenvalue weighted by atomic mass is 16.1. The minimum absolute atomic E-state index is 0.0439. The van der Waals surface area contributed by atoms with Crippen molar-refractivity contribution >= 4 is 5.78 Å². The summed E-state index contributed by atoms with van der Waals surface area (Å²) in [4.78, 5) is 11.7. The number of carbonyl (C=O) groups is 1. The second kappa shape index (κ2) is 3.76. The predicted octanol–water partition coefficient (Wildman–Crippen LogP) is 1.07. The monoisotopic (exact) mass is 186 g/mol. The molecule has 0 aliphatic carbocycles. The lowest BCUT2D eigenvalue weighted by Crippen LogP contribution is -2.55. The maximum absolute atomic E-state index is 11.7. The number of nitrogens with two attached hydrogens (primary N) is 1. The summed E-state index contributed by atoms with van der Waals surface area (Å²) in [6.07, 6.45) is 0. The van der Waals surface area contributed by atoms with Gasteiger partial charge >= 0.3 is 0 Å². The Bertz CT molecular complexity index is 186. The molecule has 0 spiro atoms. The number of ketones is 1. The van der Waals surface area contributed by atoms with E-state index in [1.54, 1.807) is 13.8 Å². The Hall–Kier alpha value is -0.410.